The number of likely N-dealkylation sites (N-methyl/N-ethyl adjacent to an activating group) is 1. The molecule has 2 aromatic rings. The summed E-state index contributed by atoms with van der Waals surface area (Å²) in [6.07, 6.45) is 0.0159. The number of hydrogen-bond acceptors (Lipinski definition) is 5. The van der Waals surface area contributed by atoms with E-state index in [1.54, 1.807) is 11.9 Å². The average Bonchev–Trinajstić information content (AvgIpc) is 3.38. The summed E-state index contributed by atoms with van der Waals surface area (Å²) < 4.78 is 11.3. The monoisotopic (exact) mass is 464 g/mol. The van der Waals surface area contributed by atoms with E-state index in [-0.39, 0.29) is 24.5 Å². The van der Waals surface area contributed by atoms with Crippen LogP contribution in [0.4, 0.5) is 4.79 Å². The van der Waals surface area contributed by atoms with Crippen LogP contribution in [0.3, 0.4) is 0 Å². The smallest absolute Gasteiger partial charge is 0.407 e. The Hall–Kier alpha value is -3.39. The third kappa shape index (κ3) is 4.03. The minimum atomic E-state index is -0.830. The summed E-state index contributed by atoms with van der Waals surface area (Å²) >= 11 is 0. The van der Waals surface area contributed by atoms with Crippen LogP contribution in [0.2, 0.25) is 0 Å². The molecule has 2 unspecified atom stereocenters. The highest BCUT2D eigenvalue weighted by atomic mass is 16.6. The number of alkyl carbamates (subject to hydrolysis) is 1. The van der Waals surface area contributed by atoms with Gasteiger partial charge in [0, 0.05) is 25.6 Å². The zero-order chi connectivity index (χ0) is 23.8. The van der Waals surface area contributed by atoms with Crippen LogP contribution in [0.5, 0.6) is 0 Å². The number of carbonyl (C=O) groups excluding carboxylic acids is 2. The van der Waals surface area contributed by atoms with E-state index in [9.17, 15) is 14.4 Å². The number of benzene rings is 2. The van der Waals surface area contributed by atoms with Crippen LogP contribution in [0.25, 0.3) is 11.1 Å². The number of nitrogens with zero attached hydrogens (tertiary/aromatic N) is 1. The molecule has 1 aliphatic heterocycles. The van der Waals surface area contributed by atoms with Gasteiger partial charge in [0.2, 0.25) is 0 Å². The van der Waals surface area contributed by atoms with E-state index >= 15 is 0 Å². The fraction of sp³-hybridized carbons (Fsp3) is 0.423. The van der Waals surface area contributed by atoms with E-state index in [2.05, 4.69) is 29.6 Å². The minimum Gasteiger partial charge on any atom is -0.481 e. The fourth-order valence-electron chi connectivity index (χ4n) is 5.26. The second kappa shape index (κ2) is 9.10. The number of ether oxygens (including phenoxy) is 2. The number of amides is 2. The van der Waals surface area contributed by atoms with Crippen molar-refractivity contribution >= 4 is 18.0 Å². The van der Waals surface area contributed by atoms with E-state index in [4.69, 9.17) is 14.6 Å². The van der Waals surface area contributed by atoms with Gasteiger partial charge in [-0.1, -0.05) is 48.5 Å². The second-order valence-corrected chi connectivity index (χ2v) is 9.27. The van der Waals surface area contributed by atoms with Gasteiger partial charge < -0.3 is 24.8 Å². The Balaban J connectivity index is 1.18. The van der Waals surface area contributed by atoms with Gasteiger partial charge in [-0.15, -0.1) is 0 Å². The van der Waals surface area contributed by atoms with Crippen LogP contribution in [0.15, 0.2) is 48.5 Å². The summed E-state index contributed by atoms with van der Waals surface area (Å²) in [5, 5.41) is 11.9. The number of fused-ring (bicyclic) bond motifs is 3. The lowest BCUT2D eigenvalue weighted by molar-refractivity contribution is -0.153. The van der Waals surface area contributed by atoms with Crippen LogP contribution in [-0.2, 0) is 19.1 Å². The number of carboxylic acids is 1. The number of rotatable bonds is 6. The van der Waals surface area contributed by atoms with Crippen LogP contribution in [-0.4, -0.2) is 66.4 Å². The molecule has 2 amide bonds. The largest absolute Gasteiger partial charge is 0.481 e. The lowest BCUT2D eigenvalue weighted by Gasteiger charge is -2.40. The molecule has 2 N–H and O–H groups in total. The predicted octanol–water partition coefficient (Wildman–Crippen LogP) is 3.00. The molecule has 2 aromatic carbocycles. The van der Waals surface area contributed by atoms with E-state index < -0.39 is 30.1 Å². The molecule has 34 heavy (non-hydrogen) atoms. The highest BCUT2D eigenvalue weighted by molar-refractivity contribution is 5.84. The topological polar surface area (TPSA) is 105 Å². The van der Waals surface area contributed by atoms with Gasteiger partial charge in [-0.05, 0) is 41.5 Å². The molecule has 1 saturated heterocycles. The molecule has 8 heteroatoms. The molecule has 0 radical (unpaired) electrons. The molecule has 1 saturated carbocycles. The lowest BCUT2D eigenvalue weighted by Crippen LogP contribution is -2.54. The molecule has 5 rings (SSSR count). The van der Waals surface area contributed by atoms with Gasteiger partial charge >= 0.3 is 12.1 Å². The maximum atomic E-state index is 13.0. The number of hydrogen-bond donors (Lipinski definition) is 2. The van der Waals surface area contributed by atoms with Crippen molar-refractivity contribution in [2.75, 3.05) is 20.3 Å². The lowest BCUT2D eigenvalue weighted by atomic mass is 9.79. The predicted molar refractivity (Wildman–Crippen MR) is 123 cm³/mol. The summed E-state index contributed by atoms with van der Waals surface area (Å²) in [4.78, 5) is 38.2. The van der Waals surface area contributed by atoms with Crippen molar-refractivity contribution in [2.45, 2.75) is 43.4 Å². The summed E-state index contributed by atoms with van der Waals surface area (Å²) in [7, 11) is 1.66. The first-order valence-corrected chi connectivity index (χ1v) is 11.7. The van der Waals surface area contributed by atoms with Crippen LogP contribution in [0, 0.1) is 5.92 Å². The van der Waals surface area contributed by atoms with Crippen molar-refractivity contribution in [3.63, 3.8) is 0 Å². The zero-order valence-corrected chi connectivity index (χ0v) is 19.0. The summed E-state index contributed by atoms with van der Waals surface area (Å²) in [6.45, 7) is 0.561. The maximum absolute atomic E-state index is 13.0. The molecule has 8 nitrogen and oxygen atoms in total. The molecule has 1 heterocycles. The van der Waals surface area contributed by atoms with E-state index in [0.717, 1.165) is 22.3 Å². The van der Waals surface area contributed by atoms with Crippen LogP contribution < -0.4 is 5.32 Å². The van der Waals surface area contributed by atoms with Crippen molar-refractivity contribution in [3.05, 3.63) is 59.7 Å². The Morgan fingerprint density at radius 2 is 1.68 bits per heavy atom. The number of carbonyl (C=O) groups is 3. The van der Waals surface area contributed by atoms with E-state index in [1.165, 1.54) is 0 Å². The molecule has 3 aliphatic rings. The number of aliphatic carboxylic acids is 1. The Bertz CT molecular complexity index is 1070. The van der Waals surface area contributed by atoms with Gasteiger partial charge in [0.15, 0.2) is 6.10 Å². The molecular weight excluding hydrogens is 436 g/mol. The zero-order valence-electron chi connectivity index (χ0n) is 19.0. The van der Waals surface area contributed by atoms with Crippen molar-refractivity contribution in [1.82, 2.24) is 10.2 Å². The Morgan fingerprint density at radius 1 is 1.06 bits per heavy atom. The van der Waals surface area contributed by atoms with Crippen molar-refractivity contribution in [2.24, 2.45) is 5.92 Å². The molecular formula is C26H28N2O6. The Kier molecular flexibility index (Phi) is 6.00. The van der Waals surface area contributed by atoms with Gasteiger partial charge in [-0.25, -0.2) is 4.79 Å². The van der Waals surface area contributed by atoms with Gasteiger partial charge in [0.1, 0.15) is 6.61 Å². The number of carboxylic acid groups (broad SMARTS) is 1. The van der Waals surface area contributed by atoms with Crippen molar-refractivity contribution < 1.29 is 29.0 Å². The van der Waals surface area contributed by atoms with Crippen LogP contribution >= 0.6 is 0 Å². The summed E-state index contributed by atoms with van der Waals surface area (Å²) in [5.41, 5.74) is 4.59. The highest BCUT2D eigenvalue weighted by Crippen LogP contribution is 2.44. The average molecular weight is 465 g/mol. The maximum Gasteiger partial charge on any atom is 0.407 e. The summed E-state index contributed by atoms with van der Waals surface area (Å²) in [6, 6.07) is 15.7. The van der Waals surface area contributed by atoms with E-state index in [1.807, 2.05) is 24.3 Å². The molecule has 2 fully saturated rings. The van der Waals surface area contributed by atoms with Gasteiger partial charge in [0.05, 0.1) is 12.0 Å². The fourth-order valence-corrected chi connectivity index (χ4v) is 5.26. The van der Waals surface area contributed by atoms with Crippen LogP contribution in [0.1, 0.15) is 36.3 Å². The first-order chi connectivity index (χ1) is 16.4. The number of nitrogens with one attached hydrogen (secondary N) is 1. The standard InChI is InChI=1S/C26H28N2O6/c1-28(16-12-15(13-16)25(30)31)24(29)23-22(10-11-33-23)27-26(32)34-14-21-19-8-4-2-6-17(19)18-7-3-5-9-20(18)21/h2-9,15-16,21-23H,10-14H2,1H3,(H,27,32)(H,30,31). The quantitative estimate of drug-likeness (QED) is 0.681. The Labute approximate surface area is 197 Å². The Morgan fingerprint density at radius 3 is 2.29 bits per heavy atom. The van der Waals surface area contributed by atoms with E-state index in [0.29, 0.717) is 25.9 Å². The molecule has 0 spiro atoms. The molecule has 178 valence electrons. The molecule has 2 aliphatic carbocycles. The first kappa shape index (κ1) is 22.4. The third-order valence-electron chi connectivity index (χ3n) is 7.34. The first-order valence-electron chi connectivity index (χ1n) is 11.7. The molecule has 2 atom stereocenters. The van der Waals surface area contributed by atoms with Crippen molar-refractivity contribution in [3.8, 4) is 11.1 Å². The highest BCUT2D eigenvalue weighted by Gasteiger charge is 2.43. The minimum absolute atomic E-state index is 0.0395. The SMILES string of the molecule is CN(C(=O)C1OCCC1NC(=O)OCC1c2ccccc2-c2ccccc21)C1CC(C(=O)O)C1. The normalized spacial score (nSPS) is 25.1. The van der Waals surface area contributed by atoms with Gasteiger partial charge in [-0.2, -0.15) is 0 Å². The molecule has 0 bridgehead atoms. The second-order valence-electron chi connectivity index (χ2n) is 9.27. The third-order valence-corrected chi connectivity index (χ3v) is 7.34. The van der Waals surface area contributed by atoms with Gasteiger partial charge in [0.25, 0.3) is 5.91 Å². The van der Waals surface area contributed by atoms with Gasteiger partial charge in [-0.3, -0.25) is 9.59 Å². The molecule has 0 aromatic heterocycles. The van der Waals surface area contributed by atoms with Crippen molar-refractivity contribution in [1.29, 1.82) is 0 Å². The summed E-state index contributed by atoms with van der Waals surface area (Å²) in [5.74, 6) is -1.51.